The molecule has 0 saturated heterocycles. The topological polar surface area (TPSA) is 111 Å². The van der Waals surface area contributed by atoms with Gasteiger partial charge in [0.05, 0.1) is 0 Å². The second-order valence-corrected chi connectivity index (χ2v) is 7.39. The Morgan fingerprint density at radius 3 is 2.07 bits per heavy atom. The van der Waals surface area contributed by atoms with Crippen molar-refractivity contribution >= 4 is 23.4 Å². The van der Waals surface area contributed by atoms with Gasteiger partial charge in [-0.3, -0.25) is 19.6 Å². The highest BCUT2D eigenvalue weighted by molar-refractivity contribution is 6.08. The Morgan fingerprint density at radius 1 is 1.00 bits per heavy atom. The quantitative estimate of drug-likeness (QED) is 0.302. The third-order valence-corrected chi connectivity index (χ3v) is 5.20. The van der Waals surface area contributed by atoms with Gasteiger partial charge in [0.1, 0.15) is 0 Å². The number of nitrogens with one attached hydrogen (secondary N) is 3. The van der Waals surface area contributed by atoms with Crippen LogP contribution in [0.1, 0.15) is 23.2 Å². The summed E-state index contributed by atoms with van der Waals surface area (Å²) in [5.41, 5.74) is 4.79. The van der Waals surface area contributed by atoms with Crippen LogP contribution >= 0.6 is 0 Å². The maximum atomic E-state index is 12.7. The van der Waals surface area contributed by atoms with Crippen molar-refractivity contribution in [3.8, 4) is 11.1 Å². The van der Waals surface area contributed by atoms with Crippen LogP contribution in [-0.4, -0.2) is 54.5 Å². The van der Waals surface area contributed by atoms with Crippen LogP contribution in [-0.2, 0) is 9.59 Å². The molecular formula is C22H26N4O4. The van der Waals surface area contributed by atoms with E-state index in [-0.39, 0.29) is 0 Å². The van der Waals surface area contributed by atoms with Crippen LogP contribution in [0, 0.1) is 5.92 Å². The van der Waals surface area contributed by atoms with Crippen molar-refractivity contribution in [1.82, 2.24) is 15.7 Å². The first kappa shape index (κ1) is 21.3. The lowest BCUT2D eigenvalue weighted by molar-refractivity contribution is -0.140. The van der Waals surface area contributed by atoms with Crippen LogP contribution in [0.3, 0.4) is 0 Å². The van der Waals surface area contributed by atoms with Gasteiger partial charge < -0.3 is 15.5 Å². The van der Waals surface area contributed by atoms with E-state index in [0.29, 0.717) is 5.56 Å². The number of rotatable bonds is 8. The van der Waals surface area contributed by atoms with Crippen molar-refractivity contribution in [2.75, 3.05) is 26.0 Å². The smallest absolute Gasteiger partial charge is 0.275 e. The number of nitrogens with zero attached hydrogens (tertiary/aromatic N) is 1. The van der Waals surface area contributed by atoms with Crippen LogP contribution in [0.2, 0.25) is 0 Å². The third kappa shape index (κ3) is 4.96. The molecule has 1 unspecified atom stereocenters. The number of hydrogen-bond donors (Lipinski definition) is 4. The highest BCUT2D eigenvalue weighted by atomic mass is 16.5. The van der Waals surface area contributed by atoms with Crippen molar-refractivity contribution in [1.29, 1.82) is 0 Å². The van der Waals surface area contributed by atoms with Gasteiger partial charge in [0, 0.05) is 31.9 Å². The normalized spacial score (nSPS) is 13.8. The van der Waals surface area contributed by atoms with E-state index in [1.54, 1.807) is 12.1 Å². The molecule has 0 aromatic heterocycles. The van der Waals surface area contributed by atoms with E-state index in [4.69, 9.17) is 5.21 Å². The summed E-state index contributed by atoms with van der Waals surface area (Å²) in [5.74, 6) is -1.40. The minimum Gasteiger partial charge on any atom is -0.385 e. The summed E-state index contributed by atoms with van der Waals surface area (Å²) in [6.07, 6.45) is 2.61. The lowest BCUT2D eigenvalue weighted by atomic mass is 10.0. The maximum Gasteiger partial charge on any atom is 0.275 e. The SMILES string of the molecule is CNC(=O)C(C(=O)NO)N(C)C(=O)c1ccc(-c2ccc(NCC3CC3)cc2)cc1. The van der Waals surface area contributed by atoms with E-state index in [0.717, 1.165) is 34.2 Å². The molecule has 0 radical (unpaired) electrons. The zero-order valence-corrected chi connectivity index (χ0v) is 17.0. The second kappa shape index (κ2) is 9.41. The van der Waals surface area contributed by atoms with E-state index in [9.17, 15) is 14.4 Å². The van der Waals surface area contributed by atoms with E-state index < -0.39 is 23.8 Å². The number of likely N-dealkylation sites (N-methyl/N-ethyl adjacent to an activating group) is 2. The summed E-state index contributed by atoms with van der Waals surface area (Å²) in [7, 11) is 2.68. The molecule has 8 nitrogen and oxygen atoms in total. The first-order valence-electron chi connectivity index (χ1n) is 9.81. The molecule has 158 valence electrons. The van der Waals surface area contributed by atoms with Crippen LogP contribution in [0.15, 0.2) is 48.5 Å². The highest BCUT2D eigenvalue weighted by Crippen LogP contribution is 2.29. The average molecular weight is 410 g/mol. The van der Waals surface area contributed by atoms with E-state index in [1.807, 2.05) is 36.4 Å². The fraction of sp³-hybridized carbons (Fsp3) is 0.318. The number of anilines is 1. The monoisotopic (exact) mass is 410 g/mol. The summed E-state index contributed by atoms with van der Waals surface area (Å²) in [5, 5.41) is 14.6. The van der Waals surface area contributed by atoms with Gasteiger partial charge in [-0.2, -0.15) is 0 Å². The second-order valence-electron chi connectivity index (χ2n) is 7.39. The van der Waals surface area contributed by atoms with E-state index in [1.165, 1.54) is 32.4 Å². The van der Waals surface area contributed by atoms with E-state index >= 15 is 0 Å². The summed E-state index contributed by atoms with van der Waals surface area (Å²) < 4.78 is 0. The van der Waals surface area contributed by atoms with Gasteiger partial charge in [-0.15, -0.1) is 0 Å². The van der Waals surface area contributed by atoms with Gasteiger partial charge >= 0.3 is 0 Å². The molecule has 8 heteroatoms. The van der Waals surface area contributed by atoms with Gasteiger partial charge in [0.15, 0.2) is 6.04 Å². The number of benzene rings is 2. The minimum atomic E-state index is -1.48. The van der Waals surface area contributed by atoms with Crippen molar-refractivity contribution in [2.24, 2.45) is 5.92 Å². The Kier molecular flexibility index (Phi) is 6.68. The molecule has 2 aromatic rings. The van der Waals surface area contributed by atoms with Gasteiger partial charge in [0.2, 0.25) is 0 Å². The van der Waals surface area contributed by atoms with Crippen molar-refractivity contribution < 1.29 is 19.6 Å². The van der Waals surface area contributed by atoms with Crippen molar-refractivity contribution in [3.63, 3.8) is 0 Å². The number of hydroxylamine groups is 1. The zero-order valence-electron chi connectivity index (χ0n) is 17.0. The molecule has 30 heavy (non-hydrogen) atoms. The molecule has 3 rings (SSSR count). The molecule has 1 saturated carbocycles. The predicted octanol–water partition coefficient (Wildman–Crippen LogP) is 1.87. The standard InChI is InChI=1S/C22H26N4O4/c1-23-20(27)19(21(28)25-30)26(2)22(29)17-7-5-15(6-8-17)16-9-11-18(12-10-16)24-13-14-3-4-14/h5-12,14,19,24,30H,3-4,13H2,1-2H3,(H,23,27)(H,25,28). The van der Waals surface area contributed by atoms with Crippen molar-refractivity contribution in [2.45, 2.75) is 18.9 Å². The van der Waals surface area contributed by atoms with Gasteiger partial charge in [-0.05, 0) is 54.2 Å². The third-order valence-electron chi connectivity index (χ3n) is 5.20. The molecule has 0 spiro atoms. The first-order valence-corrected chi connectivity index (χ1v) is 9.81. The Bertz CT molecular complexity index is 892. The molecule has 1 fully saturated rings. The molecular weight excluding hydrogens is 384 g/mol. The predicted molar refractivity (Wildman–Crippen MR) is 113 cm³/mol. The minimum absolute atomic E-state index is 0.323. The molecule has 1 atom stereocenters. The molecule has 3 amide bonds. The largest absolute Gasteiger partial charge is 0.385 e. The zero-order chi connectivity index (χ0) is 21.7. The summed E-state index contributed by atoms with van der Waals surface area (Å²) in [6, 6.07) is 13.5. The molecule has 0 aliphatic heterocycles. The number of carbonyl (C=O) groups is 3. The molecule has 1 aliphatic rings. The van der Waals surface area contributed by atoms with Crippen LogP contribution in [0.4, 0.5) is 5.69 Å². The Morgan fingerprint density at radius 2 is 1.57 bits per heavy atom. The Hall–Kier alpha value is -3.39. The Labute approximate surface area is 175 Å². The average Bonchev–Trinajstić information content (AvgIpc) is 3.62. The molecule has 1 aliphatic carbocycles. The lowest BCUT2D eigenvalue weighted by Gasteiger charge is -2.25. The summed E-state index contributed by atoms with van der Waals surface area (Å²) >= 11 is 0. The fourth-order valence-electron chi connectivity index (χ4n) is 3.16. The first-order chi connectivity index (χ1) is 14.4. The lowest BCUT2D eigenvalue weighted by Crippen LogP contribution is -2.54. The molecule has 0 heterocycles. The number of hydrogen-bond acceptors (Lipinski definition) is 5. The van der Waals surface area contributed by atoms with E-state index in [2.05, 4.69) is 10.6 Å². The molecule has 4 N–H and O–H groups in total. The van der Waals surface area contributed by atoms with Gasteiger partial charge in [-0.25, -0.2) is 5.48 Å². The van der Waals surface area contributed by atoms with Crippen LogP contribution < -0.4 is 16.1 Å². The van der Waals surface area contributed by atoms with Crippen molar-refractivity contribution in [3.05, 3.63) is 54.1 Å². The Balaban J connectivity index is 1.69. The van der Waals surface area contributed by atoms with Crippen LogP contribution in [0.5, 0.6) is 0 Å². The van der Waals surface area contributed by atoms with Crippen LogP contribution in [0.25, 0.3) is 11.1 Å². The summed E-state index contributed by atoms with van der Waals surface area (Å²) in [4.78, 5) is 37.5. The molecule has 0 bridgehead atoms. The molecule has 2 aromatic carbocycles. The maximum absolute atomic E-state index is 12.7. The van der Waals surface area contributed by atoms with Gasteiger partial charge in [0.25, 0.3) is 17.7 Å². The summed E-state index contributed by atoms with van der Waals surface area (Å²) in [6.45, 7) is 1.01. The highest BCUT2D eigenvalue weighted by Gasteiger charge is 2.33. The number of amides is 3. The number of carbonyl (C=O) groups excluding carboxylic acids is 3. The fourth-order valence-corrected chi connectivity index (χ4v) is 3.16. The van der Waals surface area contributed by atoms with Gasteiger partial charge in [-0.1, -0.05) is 24.3 Å².